The number of rotatable bonds is 6. The van der Waals surface area contributed by atoms with Crippen molar-refractivity contribution in [1.82, 2.24) is 4.90 Å². The fraction of sp³-hybridized carbons (Fsp3) is 0.571. The van der Waals surface area contributed by atoms with Crippen molar-refractivity contribution in [3.63, 3.8) is 0 Å². The summed E-state index contributed by atoms with van der Waals surface area (Å²) in [5.41, 5.74) is 0. The van der Waals surface area contributed by atoms with Gasteiger partial charge in [-0.15, -0.1) is 0 Å². The van der Waals surface area contributed by atoms with Crippen molar-refractivity contribution >= 4 is 9.84 Å². The number of ether oxygens (including phenoxy) is 1. The molecule has 2 rings (SSSR count). The van der Waals surface area contributed by atoms with E-state index in [9.17, 15) is 13.5 Å². The number of nitrogens with zero attached hydrogens (tertiary/aromatic N) is 1. The van der Waals surface area contributed by atoms with E-state index in [-0.39, 0.29) is 24.2 Å². The fourth-order valence-electron chi connectivity index (χ4n) is 2.37. The molecule has 6 heteroatoms. The highest BCUT2D eigenvalue weighted by Gasteiger charge is 2.31. The summed E-state index contributed by atoms with van der Waals surface area (Å²) in [5.74, 6) is 1.16. The first-order valence-electron chi connectivity index (χ1n) is 6.73. The Hall–Kier alpha value is -1.11. The number of hydrogen-bond donors (Lipinski definition) is 1. The summed E-state index contributed by atoms with van der Waals surface area (Å²) in [5, 5.41) is 9.96. The minimum atomic E-state index is -2.89. The molecule has 5 nitrogen and oxygen atoms in total. The zero-order valence-electron chi connectivity index (χ0n) is 11.6. The van der Waals surface area contributed by atoms with Gasteiger partial charge in [-0.3, -0.25) is 4.90 Å². The second-order valence-electron chi connectivity index (χ2n) is 5.27. The van der Waals surface area contributed by atoms with Crippen LogP contribution in [0.2, 0.25) is 0 Å². The second-order valence-corrected chi connectivity index (χ2v) is 7.50. The number of para-hydroxylation sites is 1. The molecule has 0 aromatic heterocycles. The van der Waals surface area contributed by atoms with Gasteiger partial charge in [-0.2, -0.15) is 0 Å². The fourth-order valence-corrected chi connectivity index (χ4v) is 4.17. The summed E-state index contributed by atoms with van der Waals surface area (Å²) in [4.78, 5) is 1.91. The summed E-state index contributed by atoms with van der Waals surface area (Å²) < 4.78 is 28.3. The normalized spacial score (nSPS) is 22.9. The average Bonchev–Trinajstić information content (AvgIpc) is 2.78. The average molecular weight is 299 g/mol. The van der Waals surface area contributed by atoms with Crippen LogP contribution in [0.5, 0.6) is 5.75 Å². The van der Waals surface area contributed by atoms with Crippen LogP contribution in [0.1, 0.15) is 6.42 Å². The zero-order chi connectivity index (χ0) is 14.6. The highest BCUT2D eigenvalue weighted by atomic mass is 32.2. The van der Waals surface area contributed by atoms with Gasteiger partial charge in [0.2, 0.25) is 0 Å². The largest absolute Gasteiger partial charge is 0.491 e. The Morgan fingerprint density at radius 1 is 1.40 bits per heavy atom. The molecule has 0 spiro atoms. The lowest BCUT2D eigenvalue weighted by molar-refractivity contribution is 0.0664. The molecule has 1 saturated heterocycles. The number of benzene rings is 1. The number of aliphatic hydroxyl groups excluding tert-OH is 1. The minimum absolute atomic E-state index is 0.00590. The van der Waals surface area contributed by atoms with Gasteiger partial charge in [-0.1, -0.05) is 18.2 Å². The quantitative estimate of drug-likeness (QED) is 0.831. The van der Waals surface area contributed by atoms with Crippen LogP contribution in [0.3, 0.4) is 0 Å². The molecule has 2 atom stereocenters. The number of sulfone groups is 1. The molecule has 20 heavy (non-hydrogen) atoms. The Kier molecular flexibility index (Phi) is 5.01. The van der Waals surface area contributed by atoms with Gasteiger partial charge in [0, 0.05) is 12.6 Å². The van der Waals surface area contributed by atoms with E-state index >= 15 is 0 Å². The van der Waals surface area contributed by atoms with Gasteiger partial charge in [0.05, 0.1) is 11.5 Å². The van der Waals surface area contributed by atoms with Gasteiger partial charge < -0.3 is 9.84 Å². The lowest BCUT2D eigenvalue weighted by Crippen LogP contribution is -2.40. The van der Waals surface area contributed by atoms with Crippen LogP contribution >= 0.6 is 0 Å². The van der Waals surface area contributed by atoms with Gasteiger partial charge in [0.1, 0.15) is 18.5 Å². The maximum Gasteiger partial charge on any atom is 0.151 e. The molecular formula is C14H21NO4S. The summed E-state index contributed by atoms with van der Waals surface area (Å²) in [6, 6.07) is 9.32. The van der Waals surface area contributed by atoms with Gasteiger partial charge in [0.25, 0.3) is 0 Å². The highest BCUT2D eigenvalue weighted by Crippen LogP contribution is 2.17. The highest BCUT2D eigenvalue weighted by molar-refractivity contribution is 7.91. The van der Waals surface area contributed by atoms with Crippen LogP contribution in [-0.4, -0.2) is 62.3 Å². The Morgan fingerprint density at radius 3 is 2.70 bits per heavy atom. The molecule has 1 aliphatic rings. The van der Waals surface area contributed by atoms with E-state index in [1.807, 2.05) is 42.3 Å². The molecule has 1 fully saturated rings. The first-order valence-corrected chi connectivity index (χ1v) is 8.55. The summed E-state index contributed by atoms with van der Waals surface area (Å²) in [7, 11) is -1.04. The molecule has 2 unspecified atom stereocenters. The first-order chi connectivity index (χ1) is 9.46. The third-order valence-electron chi connectivity index (χ3n) is 3.52. The summed E-state index contributed by atoms with van der Waals surface area (Å²) >= 11 is 0. The molecule has 1 aromatic carbocycles. The van der Waals surface area contributed by atoms with Crippen molar-refractivity contribution in [3.05, 3.63) is 30.3 Å². The Balaban J connectivity index is 1.75. The molecular weight excluding hydrogens is 278 g/mol. The molecule has 0 saturated carbocycles. The van der Waals surface area contributed by atoms with Crippen LogP contribution in [0.15, 0.2) is 30.3 Å². The van der Waals surface area contributed by atoms with Crippen LogP contribution in [0.25, 0.3) is 0 Å². The van der Waals surface area contributed by atoms with Crippen LogP contribution in [0.4, 0.5) is 0 Å². The van der Waals surface area contributed by atoms with Gasteiger partial charge in [0.15, 0.2) is 9.84 Å². The maximum atomic E-state index is 11.4. The topological polar surface area (TPSA) is 66.8 Å². The van der Waals surface area contributed by atoms with E-state index in [1.54, 1.807) is 0 Å². The Bertz CT molecular complexity index is 517. The number of likely N-dealkylation sites (N-methyl/N-ethyl adjacent to an activating group) is 1. The second kappa shape index (κ2) is 6.56. The van der Waals surface area contributed by atoms with Crippen molar-refractivity contribution in [2.45, 2.75) is 18.6 Å². The van der Waals surface area contributed by atoms with Crippen molar-refractivity contribution in [3.8, 4) is 5.75 Å². The van der Waals surface area contributed by atoms with E-state index in [0.717, 1.165) is 5.75 Å². The third-order valence-corrected chi connectivity index (χ3v) is 5.27. The lowest BCUT2D eigenvalue weighted by Gasteiger charge is -2.25. The van der Waals surface area contributed by atoms with Crippen molar-refractivity contribution in [2.75, 3.05) is 31.7 Å². The smallest absolute Gasteiger partial charge is 0.151 e. The van der Waals surface area contributed by atoms with Gasteiger partial charge >= 0.3 is 0 Å². The molecule has 0 bridgehead atoms. The van der Waals surface area contributed by atoms with E-state index in [4.69, 9.17) is 4.74 Å². The molecule has 0 radical (unpaired) electrons. The van der Waals surface area contributed by atoms with Crippen LogP contribution < -0.4 is 4.74 Å². The van der Waals surface area contributed by atoms with Crippen LogP contribution in [0, 0.1) is 0 Å². The third kappa shape index (κ3) is 4.47. The molecule has 1 N–H and O–H groups in total. The Morgan fingerprint density at radius 2 is 2.10 bits per heavy atom. The minimum Gasteiger partial charge on any atom is -0.491 e. The molecule has 1 heterocycles. The lowest BCUT2D eigenvalue weighted by atomic mass is 10.2. The number of hydrogen-bond acceptors (Lipinski definition) is 5. The van der Waals surface area contributed by atoms with Crippen molar-refractivity contribution in [1.29, 1.82) is 0 Å². The molecule has 0 amide bonds. The van der Waals surface area contributed by atoms with Crippen LogP contribution in [-0.2, 0) is 9.84 Å². The summed E-state index contributed by atoms with van der Waals surface area (Å²) in [6.45, 7) is 0.612. The van der Waals surface area contributed by atoms with Gasteiger partial charge in [-0.25, -0.2) is 8.42 Å². The van der Waals surface area contributed by atoms with Crippen molar-refractivity contribution < 1.29 is 18.3 Å². The molecule has 0 aliphatic carbocycles. The van der Waals surface area contributed by atoms with Gasteiger partial charge in [-0.05, 0) is 25.6 Å². The zero-order valence-corrected chi connectivity index (χ0v) is 12.4. The van der Waals surface area contributed by atoms with Crippen molar-refractivity contribution in [2.24, 2.45) is 0 Å². The number of aliphatic hydroxyl groups is 1. The first kappa shape index (κ1) is 15.3. The molecule has 112 valence electrons. The predicted molar refractivity (Wildman–Crippen MR) is 77.6 cm³/mol. The molecule has 1 aromatic rings. The SMILES string of the molecule is CN(CC(O)COc1ccccc1)C1CCS(=O)(=O)C1. The van der Waals surface area contributed by atoms with E-state index in [0.29, 0.717) is 13.0 Å². The molecule has 1 aliphatic heterocycles. The predicted octanol–water partition coefficient (Wildman–Crippen LogP) is 0.545. The maximum absolute atomic E-state index is 11.4. The standard InChI is InChI=1S/C14H21NO4S/c1-15(12-7-8-20(17,18)11-12)9-13(16)10-19-14-5-3-2-4-6-14/h2-6,12-13,16H,7-11H2,1H3. The van der Waals surface area contributed by atoms with E-state index < -0.39 is 15.9 Å². The Labute approximate surface area is 120 Å². The summed E-state index contributed by atoms with van der Waals surface area (Å²) in [6.07, 6.45) is 0.00831. The van der Waals surface area contributed by atoms with E-state index in [2.05, 4.69) is 0 Å². The van der Waals surface area contributed by atoms with E-state index in [1.165, 1.54) is 0 Å². The monoisotopic (exact) mass is 299 g/mol.